The van der Waals surface area contributed by atoms with Crippen LogP contribution in [0.2, 0.25) is 0 Å². The molecule has 2 saturated carbocycles. The highest BCUT2D eigenvalue weighted by atomic mass is 31.2. The predicted molar refractivity (Wildman–Crippen MR) is 303 cm³/mol. The van der Waals surface area contributed by atoms with Crippen molar-refractivity contribution in [1.29, 1.82) is 0 Å². The van der Waals surface area contributed by atoms with E-state index in [9.17, 15) is 57.5 Å². The molecule has 0 spiro atoms. The molecule has 2 aliphatic carbocycles. The lowest BCUT2D eigenvalue weighted by Crippen LogP contribution is -2.62. The van der Waals surface area contributed by atoms with Gasteiger partial charge in [-0.2, -0.15) is 0 Å². The minimum absolute atomic E-state index is 0.0655. The summed E-state index contributed by atoms with van der Waals surface area (Å²) in [6, 6.07) is 23.9. The summed E-state index contributed by atoms with van der Waals surface area (Å²) in [6.07, 6.45) is 4.02. The van der Waals surface area contributed by atoms with Crippen LogP contribution in [-0.4, -0.2) is 123 Å². The van der Waals surface area contributed by atoms with E-state index in [4.69, 9.17) is 5.73 Å². The van der Waals surface area contributed by atoms with E-state index in [0.717, 1.165) is 36.0 Å². The van der Waals surface area contributed by atoms with Gasteiger partial charge in [0.05, 0.1) is 29.5 Å². The van der Waals surface area contributed by atoms with Gasteiger partial charge in [-0.3, -0.25) is 56.9 Å². The number of rotatable bonds is 19. The highest BCUT2D eigenvalue weighted by Crippen LogP contribution is 2.45. The first-order chi connectivity index (χ1) is 39.7. The SMILES string of the molecule is Cn1c(=O)n(C2CCC(=O)CC2=O)c2ccc(C3CC(CCCC(=O)N4CC[C@H]5CC[C@@H](C(=O)N[C@@H](CCC(N)=O)C(=O)NC(c6ccccc6)c6ccccc6)N5C(=O)[C@@H](NC(=O)c5cc6cc(C(=O)P(=O)(O)O)ccc6[nH]5)C4)C3)cc21. The van der Waals surface area contributed by atoms with Crippen molar-refractivity contribution in [3.8, 4) is 0 Å². The minimum Gasteiger partial charge on any atom is -0.370 e. The number of nitrogens with zero attached hydrogens (tertiary/aromatic N) is 4. The number of benzene rings is 4. The number of imidazole rings is 1. The van der Waals surface area contributed by atoms with E-state index in [1.54, 1.807) is 16.5 Å². The Balaban J connectivity index is 0.832. The molecule has 83 heavy (non-hydrogen) atoms. The van der Waals surface area contributed by atoms with Crippen molar-refractivity contribution in [3.05, 3.63) is 142 Å². The van der Waals surface area contributed by atoms with Crippen LogP contribution in [0.25, 0.3) is 21.9 Å². The quantitative estimate of drug-likeness (QED) is 0.0427. The van der Waals surface area contributed by atoms with Gasteiger partial charge in [0, 0.05) is 61.9 Å². The molecule has 2 saturated heterocycles. The van der Waals surface area contributed by atoms with E-state index in [-0.39, 0.29) is 97.3 Å². The highest BCUT2D eigenvalue weighted by molar-refractivity contribution is 7.70. The average molecular weight is 1150 g/mol. The minimum atomic E-state index is -5.13. The Morgan fingerprint density at radius 1 is 0.807 bits per heavy atom. The second kappa shape index (κ2) is 24.2. The smallest absolute Gasteiger partial charge is 0.370 e. The summed E-state index contributed by atoms with van der Waals surface area (Å²) in [5.74, 6) is -3.42. The summed E-state index contributed by atoms with van der Waals surface area (Å²) < 4.78 is 14.8. The first kappa shape index (κ1) is 57.9. The van der Waals surface area contributed by atoms with E-state index in [2.05, 4.69) is 20.9 Å². The Hall–Kier alpha value is -8.33. The number of nitrogens with two attached hydrogens (primary N) is 1. The second-order valence-electron chi connectivity index (χ2n) is 22.4. The van der Waals surface area contributed by atoms with Gasteiger partial charge in [-0.15, -0.1) is 0 Å². The molecule has 4 heterocycles. The third kappa shape index (κ3) is 12.5. The van der Waals surface area contributed by atoms with Crippen molar-refractivity contribution in [1.82, 2.24) is 39.9 Å². The molecule has 6 aromatic rings. The lowest BCUT2D eigenvalue weighted by atomic mass is 9.69. The fourth-order valence-corrected chi connectivity index (χ4v) is 13.0. The largest absolute Gasteiger partial charge is 0.396 e. The van der Waals surface area contributed by atoms with Crippen LogP contribution >= 0.6 is 7.60 Å². The molecule has 4 aliphatic rings. The number of carbonyl (C=O) groups excluding carboxylic acids is 9. The van der Waals surface area contributed by atoms with Gasteiger partial charge in [-0.05, 0) is 123 Å². The topological polar surface area (TPSA) is 322 Å². The molecule has 5 atom stereocenters. The zero-order chi connectivity index (χ0) is 58.9. The van der Waals surface area contributed by atoms with Crippen LogP contribution in [0, 0.1) is 5.92 Å². The average Bonchev–Trinajstić information content (AvgIpc) is 2.33. The summed E-state index contributed by atoms with van der Waals surface area (Å²) in [5, 5.41) is 8.92. The van der Waals surface area contributed by atoms with E-state index >= 15 is 4.79 Å². The molecule has 4 fully saturated rings. The number of primary amides is 1. The molecule has 2 aromatic heterocycles. The van der Waals surface area contributed by atoms with Crippen LogP contribution in [0.1, 0.15) is 139 Å². The number of aromatic amines is 1. The Morgan fingerprint density at radius 3 is 2.19 bits per heavy atom. The summed E-state index contributed by atoms with van der Waals surface area (Å²) in [4.78, 5) is 160. The van der Waals surface area contributed by atoms with Gasteiger partial charge in [-0.1, -0.05) is 66.7 Å². The zero-order valence-corrected chi connectivity index (χ0v) is 46.6. The van der Waals surface area contributed by atoms with Gasteiger partial charge < -0.3 is 46.3 Å². The molecule has 22 nitrogen and oxygen atoms in total. The Labute approximate surface area is 476 Å². The fraction of sp³-hybridized carbons (Fsp3) is 0.400. The van der Waals surface area contributed by atoms with E-state index in [1.807, 2.05) is 78.9 Å². The molecule has 2 aliphatic heterocycles. The van der Waals surface area contributed by atoms with E-state index < -0.39 is 78.9 Å². The molecular formula is C60H66N9O13P. The molecule has 4 aromatic carbocycles. The summed E-state index contributed by atoms with van der Waals surface area (Å²) in [5.41, 5.74) is 7.81. The third-order valence-corrected chi connectivity index (χ3v) is 17.8. The Morgan fingerprint density at radius 2 is 1.52 bits per heavy atom. The first-order valence-electron chi connectivity index (χ1n) is 28.1. The van der Waals surface area contributed by atoms with Crippen molar-refractivity contribution in [2.45, 2.75) is 126 Å². The number of aromatic nitrogens is 3. The predicted octanol–water partition coefficient (Wildman–Crippen LogP) is 4.71. The summed E-state index contributed by atoms with van der Waals surface area (Å²) >= 11 is 0. The summed E-state index contributed by atoms with van der Waals surface area (Å²) in [7, 11) is -3.45. The number of aryl methyl sites for hydroxylation is 1. The van der Waals surface area contributed by atoms with Crippen molar-refractivity contribution in [2.24, 2.45) is 18.7 Å². The molecule has 6 amide bonds. The third-order valence-electron chi connectivity index (χ3n) is 17.0. The lowest BCUT2D eigenvalue weighted by molar-refractivity contribution is -0.145. The number of hydrogen-bond donors (Lipinski definition) is 7. The maximum atomic E-state index is 15.1. The molecule has 1 unspecified atom stereocenters. The second-order valence-corrected chi connectivity index (χ2v) is 23.9. The number of nitrogens with one attached hydrogen (secondary N) is 4. The molecule has 23 heteroatoms. The van der Waals surface area contributed by atoms with Gasteiger partial charge in [0.1, 0.15) is 29.6 Å². The summed E-state index contributed by atoms with van der Waals surface area (Å²) in [6.45, 7) is -0.0661. The lowest BCUT2D eigenvalue weighted by Gasteiger charge is -2.39. The van der Waals surface area contributed by atoms with Crippen LogP contribution in [0.5, 0.6) is 0 Å². The molecule has 0 radical (unpaired) electrons. The Bertz CT molecular complexity index is 3620. The maximum Gasteiger partial charge on any atom is 0.396 e. The number of ketones is 2. The van der Waals surface area contributed by atoms with Crippen LogP contribution in [0.15, 0.2) is 108 Å². The maximum absolute atomic E-state index is 15.1. The monoisotopic (exact) mass is 1150 g/mol. The van der Waals surface area contributed by atoms with Gasteiger partial charge >= 0.3 is 13.3 Å². The van der Waals surface area contributed by atoms with Gasteiger partial charge in [0.25, 0.3) is 11.4 Å². The van der Waals surface area contributed by atoms with Crippen LogP contribution < -0.4 is 27.4 Å². The number of hydrogen-bond acceptors (Lipinski definition) is 11. The van der Waals surface area contributed by atoms with Gasteiger partial charge in [0.2, 0.25) is 29.5 Å². The van der Waals surface area contributed by atoms with Crippen molar-refractivity contribution < 1.29 is 57.5 Å². The standard InChI is InChI=1S/C60H66N9O13P/c1-66-50-31-37(16-21-47(50)69(60(66)79)48-23-18-42(70)32-51(48)71)39-27-34(28-39)9-8-14-53(73)67-26-25-41-17-22-49(57(76)63-44(20-24-52(61)72)55(74)65-54(35-10-4-2-5-11-35)36-12-6-3-7-13-36)68(41)58(77)46(33-67)64-56(75)45-30-40-29-38(15-19-43(40)62-45)59(78)83(80,81)82/h2-7,10-13,15-16,19,21,29-31,34,39,41,44,46,48-49,54,62H,8-9,14,17-18,20,22-28,32-33H2,1H3,(H2,61,72)(H,63,76)(H,64,75)(H,65,74)(H2,80,81,82)/t34?,39?,41-,44+,46+,48?,49+/m1/s1. The van der Waals surface area contributed by atoms with Crippen molar-refractivity contribution >= 4 is 82.1 Å². The molecular weight excluding hydrogens is 1090 g/mol. The van der Waals surface area contributed by atoms with Crippen molar-refractivity contribution in [3.63, 3.8) is 0 Å². The van der Waals surface area contributed by atoms with Crippen LogP contribution in [0.4, 0.5) is 0 Å². The molecule has 8 N–H and O–H groups in total. The van der Waals surface area contributed by atoms with E-state index in [1.165, 1.54) is 33.7 Å². The van der Waals surface area contributed by atoms with Crippen molar-refractivity contribution in [2.75, 3.05) is 13.1 Å². The Kier molecular flexibility index (Phi) is 16.9. The number of fused-ring (bicyclic) bond motifs is 3. The number of H-pyrrole nitrogens is 1. The number of carbonyl (C=O) groups is 9. The number of Topliss-reactive ketones (excluding diaryl/α,β-unsaturated/α-hetero) is 2. The highest BCUT2D eigenvalue weighted by Gasteiger charge is 2.46. The van der Waals surface area contributed by atoms with Crippen LogP contribution in [0.3, 0.4) is 0 Å². The molecule has 0 bridgehead atoms. The first-order valence-corrected chi connectivity index (χ1v) is 29.7. The normalized spacial score (nSPS) is 21.5. The fourth-order valence-electron chi connectivity index (χ4n) is 12.5. The zero-order valence-electron chi connectivity index (χ0n) is 45.7. The van der Waals surface area contributed by atoms with Gasteiger partial charge in [-0.25, -0.2) is 4.79 Å². The van der Waals surface area contributed by atoms with E-state index in [0.29, 0.717) is 48.2 Å². The molecule has 10 rings (SSSR count). The number of amides is 6. The van der Waals surface area contributed by atoms with Gasteiger partial charge in [0.15, 0.2) is 5.78 Å². The molecule has 434 valence electrons. The van der Waals surface area contributed by atoms with Crippen LogP contribution in [-0.2, 0) is 45.2 Å².